The molecule has 0 saturated carbocycles. The van der Waals surface area contributed by atoms with Gasteiger partial charge in [-0.2, -0.15) is 0 Å². The molecule has 1 atom stereocenters. The number of rotatable bonds is 3. The average molecular weight is 274 g/mol. The SMILES string of the molecule is COc1ccc(NC2CCc3ccccc32)cc1Cl. The van der Waals surface area contributed by atoms with E-state index in [4.69, 9.17) is 16.3 Å². The van der Waals surface area contributed by atoms with E-state index in [1.54, 1.807) is 7.11 Å². The third-order valence-electron chi connectivity index (χ3n) is 3.63. The Kier molecular flexibility index (Phi) is 3.34. The second kappa shape index (κ2) is 5.14. The Morgan fingerprint density at radius 2 is 2.05 bits per heavy atom. The van der Waals surface area contributed by atoms with Crippen LogP contribution in [0.3, 0.4) is 0 Å². The molecule has 19 heavy (non-hydrogen) atoms. The van der Waals surface area contributed by atoms with Crippen molar-refractivity contribution in [1.82, 2.24) is 0 Å². The number of hydrogen-bond acceptors (Lipinski definition) is 2. The van der Waals surface area contributed by atoms with E-state index in [1.807, 2.05) is 18.2 Å². The van der Waals surface area contributed by atoms with Crippen LogP contribution in [0.1, 0.15) is 23.6 Å². The standard InChI is InChI=1S/C16H16ClNO/c1-19-16-9-7-12(10-14(16)17)18-15-8-6-11-4-2-3-5-13(11)15/h2-5,7,9-10,15,18H,6,8H2,1H3. The Morgan fingerprint density at radius 3 is 2.84 bits per heavy atom. The van der Waals surface area contributed by atoms with Crippen molar-refractivity contribution in [2.24, 2.45) is 0 Å². The minimum absolute atomic E-state index is 0.376. The highest BCUT2D eigenvalue weighted by atomic mass is 35.5. The summed E-state index contributed by atoms with van der Waals surface area (Å²) in [5, 5.41) is 4.19. The molecule has 0 aliphatic heterocycles. The number of benzene rings is 2. The first kappa shape index (κ1) is 12.4. The molecule has 1 aliphatic carbocycles. The summed E-state index contributed by atoms with van der Waals surface area (Å²) in [5.41, 5.74) is 3.88. The van der Waals surface area contributed by atoms with Gasteiger partial charge in [0.15, 0.2) is 0 Å². The molecule has 2 nitrogen and oxygen atoms in total. The summed E-state index contributed by atoms with van der Waals surface area (Å²) < 4.78 is 5.17. The van der Waals surface area contributed by atoms with Crippen LogP contribution in [0.15, 0.2) is 42.5 Å². The molecule has 0 heterocycles. The maximum Gasteiger partial charge on any atom is 0.137 e. The van der Waals surface area contributed by atoms with Gasteiger partial charge in [0.25, 0.3) is 0 Å². The molecule has 0 bridgehead atoms. The summed E-state index contributed by atoms with van der Waals surface area (Å²) in [4.78, 5) is 0. The van der Waals surface area contributed by atoms with Gasteiger partial charge in [-0.1, -0.05) is 35.9 Å². The van der Waals surface area contributed by atoms with Crippen molar-refractivity contribution in [3.8, 4) is 5.75 Å². The van der Waals surface area contributed by atoms with Crippen LogP contribution in [0.5, 0.6) is 5.75 Å². The predicted octanol–water partition coefficient (Wildman–Crippen LogP) is 4.45. The quantitative estimate of drug-likeness (QED) is 0.892. The number of aryl methyl sites for hydroxylation is 1. The maximum absolute atomic E-state index is 6.15. The zero-order valence-electron chi connectivity index (χ0n) is 10.8. The molecule has 1 unspecified atom stereocenters. The van der Waals surface area contributed by atoms with Gasteiger partial charge in [-0.3, -0.25) is 0 Å². The van der Waals surface area contributed by atoms with E-state index < -0.39 is 0 Å². The van der Waals surface area contributed by atoms with Crippen LogP contribution in [-0.4, -0.2) is 7.11 Å². The zero-order valence-corrected chi connectivity index (χ0v) is 11.6. The minimum atomic E-state index is 0.376. The highest BCUT2D eigenvalue weighted by Crippen LogP contribution is 2.35. The highest BCUT2D eigenvalue weighted by molar-refractivity contribution is 6.32. The zero-order chi connectivity index (χ0) is 13.2. The molecule has 0 amide bonds. The number of fused-ring (bicyclic) bond motifs is 1. The summed E-state index contributed by atoms with van der Waals surface area (Å²) in [6.07, 6.45) is 2.26. The molecule has 2 aromatic carbocycles. The summed E-state index contributed by atoms with van der Waals surface area (Å²) in [5.74, 6) is 0.707. The predicted molar refractivity (Wildman–Crippen MR) is 79.1 cm³/mol. The van der Waals surface area contributed by atoms with Crippen LogP contribution < -0.4 is 10.1 Å². The van der Waals surface area contributed by atoms with Gasteiger partial charge in [0.1, 0.15) is 5.75 Å². The fourth-order valence-corrected chi connectivity index (χ4v) is 2.92. The van der Waals surface area contributed by atoms with E-state index in [9.17, 15) is 0 Å². The molecule has 0 saturated heterocycles. The molecule has 2 aromatic rings. The summed E-state index contributed by atoms with van der Waals surface area (Å²) in [6, 6.07) is 14.8. The fourth-order valence-electron chi connectivity index (χ4n) is 2.66. The van der Waals surface area contributed by atoms with Gasteiger partial charge in [0, 0.05) is 5.69 Å². The first-order valence-corrected chi connectivity index (χ1v) is 6.83. The molecule has 1 N–H and O–H groups in total. The smallest absolute Gasteiger partial charge is 0.137 e. The number of anilines is 1. The Morgan fingerprint density at radius 1 is 1.21 bits per heavy atom. The molecule has 98 valence electrons. The van der Waals surface area contributed by atoms with Crippen molar-refractivity contribution in [3.05, 3.63) is 58.6 Å². The monoisotopic (exact) mass is 273 g/mol. The summed E-state index contributed by atoms with van der Waals surface area (Å²) in [6.45, 7) is 0. The first-order valence-electron chi connectivity index (χ1n) is 6.46. The number of methoxy groups -OCH3 is 1. The molecular formula is C16H16ClNO. The molecule has 0 aromatic heterocycles. The van der Waals surface area contributed by atoms with Gasteiger partial charge in [-0.05, 0) is 42.2 Å². The Bertz CT molecular complexity index is 597. The number of nitrogens with one attached hydrogen (secondary N) is 1. The lowest BCUT2D eigenvalue weighted by molar-refractivity contribution is 0.415. The van der Waals surface area contributed by atoms with Gasteiger partial charge < -0.3 is 10.1 Å². The van der Waals surface area contributed by atoms with Gasteiger partial charge in [0.05, 0.1) is 18.2 Å². The summed E-state index contributed by atoms with van der Waals surface area (Å²) >= 11 is 6.15. The third kappa shape index (κ3) is 2.41. The van der Waals surface area contributed by atoms with Crippen LogP contribution in [-0.2, 0) is 6.42 Å². The fraction of sp³-hybridized carbons (Fsp3) is 0.250. The van der Waals surface area contributed by atoms with Crippen molar-refractivity contribution in [1.29, 1.82) is 0 Å². The van der Waals surface area contributed by atoms with Crippen LogP contribution in [0.4, 0.5) is 5.69 Å². The van der Waals surface area contributed by atoms with Crippen LogP contribution in [0.25, 0.3) is 0 Å². The molecule has 1 aliphatic rings. The molecule has 3 rings (SSSR count). The van der Waals surface area contributed by atoms with Crippen LogP contribution in [0.2, 0.25) is 5.02 Å². The minimum Gasteiger partial charge on any atom is -0.495 e. The average Bonchev–Trinajstić information content (AvgIpc) is 2.83. The molecular weight excluding hydrogens is 258 g/mol. The number of ether oxygens (including phenoxy) is 1. The Labute approximate surface area is 118 Å². The van der Waals surface area contributed by atoms with Crippen LogP contribution >= 0.6 is 11.6 Å². The van der Waals surface area contributed by atoms with Crippen LogP contribution in [0, 0.1) is 0 Å². The highest BCUT2D eigenvalue weighted by Gasteiger charge is 2.21. The lowest BCUT2D eigenvalue weighted by atomic mass is 10.1. The van der Waals surface area contributed by atoms with E-state index >= 15 is 0 Å². The van der Waals surface area contributed by atoms with Gasteiger partial charge in [-0.15, -0.1) is 0 Å². The normalized spacial score (nSPS) is 17.1. The van der Waals surface area contributed by atoms with Crippen molar-refractivity contribution in [2.45, 2.75) is 18.9 Å². The van der Waals surface area contributed by atoms with Crippen molar-refractivity contribution < 1.29 is 4.74 Å². The lowest BCUT2D eigenvalue weighted by Crippen LogP contribution is -2.06. The van der Waals surface area contributed by atoms with Crippen molar-refractivity contribution in [3.63, 3.8) is 0 Å². The van der Waals surface area contributed by atoms with E-state index in [2.05, 4.69) is 29.6 Å². The molecule has 3 heteroatoms. The third-order valence-corrected chi connectivity index (χ3v) is 3.92. The van der Waals surface area contributed by atoms with E-state index in [0.717, 1.165) is 18.5 Å². The van der Waals surface area contributed by atoms with Crippen molar-refractivity contribution in [2.75, 3.05) is 12.4 Å². The topological polar surface area (TPSA) is 21.3 Å². The second-order valence-electron chi connectivity index (χ2n) is 4.78. The Balaban J connectivity index is 1.81. The van der Waals surface area contributed by atoms with E-state index in [0.29, 0.717) is 16.8 Å². The Hall–Kier alpha value is -1.67. The van der Waals surface area contributed by atoms with E-state index in [1.165, 1.54) is 11.1 Å². The second-order valence-corrected chi connectivity index (χ2v) is 5.19. The number of halogens is 1. The molecule has 0 spiro atoms. The molecule has 0 fully saturated rings. The summed E-state index contributed by atoms with van der Waals surface area (Å²) in [7, 11) is 1.63. The largest absolute Gasteiger partial charge is 0.495 e. The van der Waals surface area contributed by atoms with E-state index in [-0.39, 0.29) is 0 Å². The lowest BCUT2D eigenvalue weighted by Gasteiger charge is -2.16. The van der Waals surface area contributed by atoms with Crippen molar-refractivity contribution >= 4 is 17.3 Å². The molecule has 0 radical (unpaired) electrons. The first-order chi connectivity index (χ1) is 9.28. The number of hydrogen-bond donors (Lipinski definition) is 1. The maximum atomic E-state index is 6.15. The van der Waals surface area contributed by atoms with Gasteiger partial charge in [-0.25, -0.2) is 0 Å². The van der Waals surface area contributed by atoms with Gasteiger partial charge in [0.2, 0.25) is 0 Å². The van der Waals surface area contributed by atoms with Gasteiger partial charge >= 0.3 is 0 Å².